The second-order valence-corrected chi connectivity index (χ2v) is 9.84. The van der Waals surface area contributed by atoms with Crippen LogP contribution in [-0.2, 0) is 14.8 Å². The van der Waals surface area contributed by atoms with Gasteiger partial charge in [-0.1, -0.05) is 12.1 Å². The Labute approximate surface area is 181 Å². The van der Waals surface area contributed by atoms with Gasteiger partial charge in [0.2, 0.25) is 10.0 Å². The molecule has 8 nitrogen and oxygen atoms in total. The van der Waals surface area contributed by atoms with E-state index >= 15 is 0 Å². The van der Waals surface area contributed by atoms with Gasteiger partial charge in [0.15, 0.2) is 5.75 Å². The summed E-state index contributed by atoms with van der Waals surface area (Å²) in [6.07, 6.45) is 3.12. The molecule has 3 aliphatic rings. The highest BCUT2D eigenvalue weighted by atomic mass is 32.2. The molecule has 9 heteroatoms. The first-order valence-electron chi connectivity index (χ1n) is 10.6. The zero-order valence-electron chi connectivity index (χ0n) is 17.2. The first-order chi connectivity index (χ1) is 15.0. The largest absolute Gasteiger partial charge is 0.454 e. The Bertz CT molecular complexity index is 1110. The number of hydrogen-bond acceptors (Lipinski definition) is 6. The van der Waals surface area contributed by atoms with Gasteiger partial charge in [-0.25, -0.2) is 8.42 Å². The first kappa shape index (κ1) is 20.3. The molecule has 2 aromatic carbocycles. The lowest BCUT2D eigenvalue weighted by Gasteiger charge is -2.33. The topological polar surface area (TPSA) is 88.2 Å². The van der Waals surface area contributed by atoms with Crippen LogP contribution >= 0.6 is 0 Å². The summed E-state index contributed by atoms with van der Waals surface area (Å²) in [4.78, 5) is 15.2. The molecule has 0 bridgehead atoms. The third-order valence-electron chi connectivity index (χ3n) is 5.95. The predicted octanol–water partition coefficient (Wildman–Crippen LogP) is 3.06. The van der Waals surface area contributed by atoms with E-state index in [9.17, 15) is 13.2 Å². The molecule has 1 N–H and O–H groups in total. The molecule has 2 saturated heterocycles. The van der Waals surface area contributed by atoms with E-state index in [1.807, 2.05) is 12.1 Å². The summed E-state index contributed by atoms with van der Waals surface area (Å²) in [7, 11) is -3.80. The maximum atomic E-state index is 13.6. The standard InChI is InChI=1S/C22H25N3O5S/c26-22-16-14-21(31(27,28)25-10-12-29-13-11-25)18(24-8-4-1-5-9-24)15-20(16)30-19-7-3-2-6-17(19)23-22/h2-3,6-7,14-15H,1,4-5,8-13H2,(H,23,26). The van der Waals surface area contributed by atoms with Gasteiger partial charge in [0.05, 0.1) is 30.2 Å². The Balaban J connectivity index is 1.65. The molecule has 0 spiro atoms. The zero-order valence-corrected chi connectivity index (χ0v) is 18.0. The second kappa shape index (κ2) is 8.14. The summed E-state index contributed by atoms with van der Waals surface area (Å²) >= 11 is 0. The van der Waals surface area contributed by atoms with Gasteiger partial charge in [-0.15, -0.1) is 0 Å². The lowest BCUT2D eigenvalue weighted by atomic mass is 10.1. The lowest BCUT2D eigenvalue weighted by Crippen LogP contribution is -2.41. The number of ether oxygens (including phenoxy) is 2. The predicted molar refractivity (Wildman–Crippen MR) is 117 cm³/mol. The van der Waals surface area contributed by atoms with Gasteiger partial charge in [-0.3, -0.25) is 4.79 Å². The van der Waals surface area contributed by atoms with Crippen LogP contribution in [0, 0.1) is 0 Å². The molecular formula is C22H25N3O5S. The Morgan fingerprint density at radius 1 is 0.903 bits per heavy atom. The van der Waals surface area contributed by atoms with Gasteiger partial charge in [0, 0.05) is 32.2 Å². The minimum absolute atomic E-state index is 0.153. The molecule has 0 aliphatic carbocycles. The zero-order chi connectivity index (χ0) is 21.4. The van der Waals surface area contributed by atoms with Crippen molar-refractivity contribution in [1.82, 2.24) is 4.31 Å². The molecule has 0 aromatic heterocycles. The SMILES string of the molecule is O=C1Nc2ccccc2Oc2cc(N3CCCCC3)c(S(=O)(=O)N3CCOCC3)cc21. The molecule has 3 aliphatic heterocycles. The van der Waals surface area contributed by atoms with Gasteiger partial charge in [0.1, 0.15) is 10.6 Å². The van der Waals surface area contributed by atoms with Crippen molar-refractivity contribution in [2.45, 2.75) is 24.2 Å². The van der Waals surface area contributed by atoms with Gasteiger partial charge in [0.25, 0.3) is 5.91 Å². The van der Waals surface area contributed by atoms with Crippen LogP contribution in [-0.4, -0.2) is 58.0 Å². The molecule has 31 heavy (non-hydrogen) atoms. The molecule has 2 fully saturated rings. The van der Waals surface area contributed by atoms with Crippen LogP contribution in [0.1, 0.15) is 29.6 Å². The number of rotatable bonds is 3. The molecule has 164 valence electrons. The van der Waals surface area contributed by atoms with Crippen LogP contribution in [0.2, 0.25) is 0 Å². The van der Waals surface area contributed by atoms with E-state index < -0.39 is 10.0 Å². The molecule has 0 saturated carbocycles. The highest BCUT2D eigenvalue weighted by Gasteiger charge is 2.34. The number of morpholine rings is 1. The van der Waals surface area contributed by atoms with Crippen molar-refractivity contribution in [2.75, 3.05) is 49.6 Å². The molecular weight excluding hydrogens is 418 g/mol. The van der Waals surface area contributed by atoms with Crippen molar-refractivity contribution < 1.29 is 22.7 Å². The monoisotopic (exact) mass is 443 g/mol. The summed E-state index contributed by atoms with van der Waals surface area (Å²) in [5.41, 5.74) is 1.36. The maximum absolute atomic E-state index is 13.6. The van der Waals surface area contributed by atoms with Crippen molar-refractivity contribution in [3.05, 3.63) is 42.0 Å². The van der Waals surface area contributed by atoms with Gasteiger partial charge < -0.3 is 19.7 Å². The van der Waals surface area contributed by atoms with Gasteiger partial charge >= 0.3 is 0 Å². The van der Waals surface area contributed by atoms with E-state index in [2.05, 4.69) is 10.2 Å². The number of carbonyl (C=O) groups excluding carboxylic acids is 1. The maximum Gasteiger partial charge on any atom is 0.259 e. The molecule has 5 rings (SSSR count). The van der Waals surface area contributed by atoms with Crippen LogP contribution in [0.5, 0.6) is 11.5 Å². The van der Waals surface area contributed by atoms with E-state index in [-0.39, 0.29) is 16.4 Å². The average molecular weight is 444 g/mol. The highest BCUT2D eigenvalue weighted by molar-refractivity contribution is 7.89. The smallest absolute Gasteiger partial charge is 0.259 e. The Morgan fingerprint density at radius 3 is 2.42 bits per heavy atom. The highest BCUT2D eigenvalue weighted by Crippen LogP contribution is 2.41. The summed E-state index contributed by atoms with van der Waals surface area (Å²) in [5, 5.41) is 2.83. The van der Waals surface area contributed by atoms with E-state index in [1.54, 1.807) is 18.2 Å². The Morgan fingerprint density at radius 2 is 1.65 bits per heavy atom. The number of para-hydroxylation sites is 2. The Kier molecular flexibility index (Phi) is 5.33. The average Bonchev–Trinajstić information content (AvgIpc) is 2.94. The van der Waals surface area contributed by atoms with Crippen LogP contribution in [0.15, 0.2) is 41.3 Å². The lowest BCUT2D eigenvalue weighted by molar-refractivity contribution is 0.0730. The molecule has 0 atom stereocenters. The molecule has 0 radical (unpaired) electrons. The van der Waals surface area contributed by atoms with E-state index in [0.717, 1.165) is 32.4 Å². The first-order valence-corrected chi connectivity index (χ1v) is 12.1. The number of hydrogen-bond donors (Lipinski definition) is 1. The summed E-state index contributed by atoms with van der Waals surface area (Å²) < 4.78 is 40.1. The third kappa shape index (κ3) is 3.77. The fourth-order valence-corrected chi connectivity index (χ4v) is 5.92. The van der Waals surface area contributed by atoms with E-state index in [4.69, 9.17) is 9.47 Å². The molecule has 0 unspecified atom stereocenters. The third-order valence-corrected chi connectivity index (χ3v) is 7.87. The fraction of sp³-hybridized carbons (Fsp3) is 0.409. The normalized spacial score (nSPS) is 19.6. The number of sulfonamides is 1. The van der Waals surface area contributed by atoms with Crippen molar-refractivity contribution in [2.24, 2.45) is 0 Å². The van der Waals surface area contributed by atoms with Crippen LogP contribution in [0.25, 0.3) is 0 Å². The van der Waals surface area contributed by atoms with Gasteiger partial charge in [-0.2, -0.15) is 4.31 Å². The number of benzene rings is 2. The number of nitrogens with zero attached hydrogens (tertiary/aromatic N) is 2. The van der Waals surface area contributed by atoms with Crippen molar-refractivity contribution in [1.29, 1.82) is 0 Å². The van der Waals surface area contributed by atoms with Crippen LogP contribution in [0.4, 0.5) is 11.4 Å². The van der Waals surface area contributed by atoms with Crippen molar-refractivity contribution in [3.63, 3.8) is 0 Å². The number of anilines is 2. The summed E-state index contributed by atoms with van der Waals surface area (Å²) in [6, 6.07) is 10.4. The fourth-order valence-electron chi connectivity index (χ4n) is 4.29. The van der Waals surface area contributed by atoms with Crippen molar-refractivity contribution >= 4 is 27.3 Å². The number of nitrogens with one attached hydrogen (secondary N) is 1. The minimum Gasteiger partial charge on any atom is -0.454 e. The Hall–Kier alpha value is -2.62. The molecule has 3 heterocycles. The van der Waals surface area contributed by atoms with Crippen LogP contribution in [0.3, 0.4) is 0 Å². The van der Waals surface area contributed by atoms with Gasteiger partial charge in [-0.05, 0) is 37.5 Å². The number of amides is 1. The number of fused-ring (bicyclic) bond motifs is 2. The molecule has 2 aromatic rings. The summed E-state index contributed by atoms with van der Waals surface area (Å²) in [6.45, 7) is 2.87. The second-order valence-electron chi connectivity index (χ2n) is 7.93. The van der Waals surface area contributed by atoms with Crippen molar-refractivity contribution in [3.8, 4) is 11.5 Å². The minimum atomic E-state index is -3.80. The number of carbonyl (C=O) groups is 1. The quantitative estimate of drug-likeness (QED) is 0.785. The number of piperidine rings is 1. The van der Waals surface area contributed by atoms with E-state index in [1.165, 1.54) is 10.4 Å². The van der Waals surface area contributed by atoms with Crippen LogP contribution < -0.4 is 15.0 Å². The van der Waals surface area contributed by atoms with E-state index in [0.29, 0.717) is 49.2 Å². The summed E-state index contributed by atoms with van der Waals surface area (Å²) in [5.74, 6) is 0.510. The molecule has 1 amide bonds.